The van der Waals surface area contributed by atoms with Gasteiger partial charge in [0.2, 0.25) is 11.8 Å². The first-order chi connectivity index (χ1) is 22.4. The zero-order valence-electron chi connectivity index (χ0n) is 25.9. The number of carbonyl (C=O) groups excluding carboxylic acids is 4. The smallest absolute Gasteiger partial charge is 0.323 e. The summed E-state index contributed by atoms with van der Waals surface area (Å²) in [4.78, 5) is 67.1. The maximum absolute atomic E-state index is 13.1. The van der Waals surface area contributed by atoms with Crippen LogP contribution in [-0.4, -0.2) is 54.0 Å². The van der Waals surface area contributed by atoms with Crippen molar-refractivity contribution in [3.05, 3.63) is 113 Å². The fourth-order valence-electron chi connectivity index (χ4n) is 4.62. The Labute approximate surface area is 270 Å². The van der Waals surface area contributed by atoms with E-state index in [1.165, 1.54) is 42.5 Å². The highest BCUT2D eigenvalue weighted by atomic mass is 16.5. The number of para-hydroxylation sites is 1. The molecule has 0 spiro atoms. The molecule has 0 aliphatic carbocycles. The lowest BCUT2D eigenvalue weighted by atomic mass is 10.0. The van der Waals surface area contributed by atoms with E-state index in [9.17, 15) is 29.1 Å². The van der Waals surface area contributed by atoms with E-state index in [0.29, 0.717) is 34.1 Å². The van der Waals surface area contributed by atoms with Crippen molar-refractivity contribution >= 4 is 46.9 Å². The number of anilines is 3. The number of rotatable bonds is 12. The van der Waals surface area contributed by atoms with E-state index in [-0.39, 0.29) is 23.5 Å². The number of carboxylic acids is 1. The number of nitrogens with zero attached hydrogens (tertiary/aromatic N) is 2. The van der Waals surface area contributed by atoms with Crippen LogP contribution in [0, 0.1) is 6.92 Å². The normalized spacial score (nSPS) is 11.1. The number of likely N-dealkylation sites (N-methyl/N-ethyl adjacent to an activating group) is 1. The van der Waals surface area contributed by atoms with Gasteiger partial charge in [0, 0.05) is 30.1 Å². The number of carbonyl (C=O) groups is 5. The Hall–Kier alpha value is -6.24. The van der Waals surface area contributed by atoms with Crippen LogP contribution < -0.4 is 31.3 Å². The number of urea groups is 1. The summed E-state index contributed by atoms with van der Waals surface area (Å²) < 4.78 is 5.45. The predicted octanol–water partition coefficient (Wildman–Crippen LogP) is 4.29. The van der Waals surface area contributed by atoms with Crippen LogP contribution in [0.2, 0.25) is 0 Å². The zero-order chi connectivity index (χ0) is 34.1. The maximum atomic E-state index is 13.1. The first-order valence-electron chi connectivity index (χ1n) is 14.4. The number of benzene rings is 3. The van der Waals surface area contributed by atoms with Crippen LogP contribution in [0.3, 0.4) is 0 Å². The van der Waals surface area contributed by atoms with Crippen molar-refractivity contribution < 1.29 is 33.8 Å². The van der Waals surface area contributed by atoms with Crippen molar-refractivity contribution in [3.8, 4) is 5.75 Å². The molecule has 3 aromatic carbocycles. The predicted molar refractivity (Wildman–Crippen MR) is 176 cm³/mol. The minimum Gasteiger partial charge on any atom is -0.495 e. The Morgan fingerprint density at radius 2 is 1.60 bits per heavy atom. The van der Waals surface area contributed by atoms with E-state index in [4.69, 9.17) is 10.5 Å². The molecule has 242 valence electrons. The maximum Gasteiger partial charge on any atom is 0.323 e. The Bertz CT molecular complexity index is 1790. The summed E-state index contributed by atoms with van der Waals surface area (Å²) in [6.07, 6.45) is 0.980. The third-order valence-corrected chi connectivity index (χ3v) is 7.27. The lowest BCUT2D eigenvalue weighted by molar-refractivity contribution is -0.137. The molecular formula is C34H34N6O7. The van der Waals surface area contributed by atoms with Gasteiger partial charge in [0.1, 0.15) is 11.6 Å². The molecule has 4 aromatic rings. The molecule has 1 atom stereocenters. The first-order valence-corrected chi connectivity index (χ1v) is 14.4. The third-order valence-electron chi connectivity index (χ3n) is 7.27. The number of methoxy groups -OCH3 is 1. The second-order valence-electron chi connectivity index (χ2n) is 10.6. The summed E-state index contributed by atoms with van der Waals surface area (Å²) in [6, 6.07) is 19.8. The van der Waals surface area contributed by atoms with Gasteiger partial charge in [-0.15, -0.1) is 0 Å². The number of nitrogens with two attached hydrogens (primary N) is 1. The number of carboxylic acid groups (broad SMARTS) is 1. The van der Waals surface area contributed by atoms with E-state index >= 15 is 0 Å². The van der Waals surface area contributed by atoms with Crippen LogP contribution in [0.25, 0.3) is 0 Å². The molecule has 13 nitrogen and oxygen atoms in total. The Morgan fingerprint density at radius 1 is 0.915 bits per heavy atom. The number of primary amides is 1. The molecule has 4 rings (SSSR count). The molecule has 0 saturated heterocycles. The summed E-state index contributed by atoms with van der Waals surface area (Å²) in [5.74, 6) is -1.94. The number of hydrogen-bond donors (Lipinski definition) is 5. The highest BCUT2D eigenvalue weighted by Crippen LogP contribution is 2.27. The van der Waals surface area contributed by atoms with Gasteiger partial charge in [-0.25, -0.2) is 9.78 Å². The number of pyridine rings is 1. The SMILES string of the molecule is COc1cc(CC(=O)N(C)c2ccc(C(CC(=O)O)NC(=O)c3ccc(C(N)=O)cc3)cn2)ccc1NC(=O)Nc1ccccc1C. The minimum atomic E-state index is -1.14. The van der Waals surface area contributed by atoms with Crippen LogP contribution in [-0.2, 0) is 16.0 Å². The summed E-state index contributed by atoms with van der Waals surface area (Å²) >= 11 is 0. The van der Waals surface area contributed by atoms with Crippen molar-refractivity contribution in [2.45, 2.75) is 25.8 Å². The Balaban J connectivity index is 1.40. The number of nitrogens with one attached hydrogen (secondary N) is 3. The van der Waals surface area contributed by atoms with E-state index in [1.807, 2.05) is 25.1 Å². The van der Waals surface area contributed by atoms with Crippen molar-refractivity contribution in [1.29, 1.82) is 0 Å². The third kappa shape index (κ3) is 8.91. The van der Waals surface area contributed by atoms with E-state index in [1.54, 1.807) is 43.4 Å². The fraction of sp³-hybridized carbons (Fsp3) is 0.176. The van der Waals surface area contributed by atoms with Gasteiger partial charge in [-0.3, -0.25) is 24.1 Å². The number of aliphatic carboxylic acids is 1. The Morgan fingerprint density at radius 3 is 2.21 bits per heavy atom. The van der Waals surface area contributed by atoms with Crippen LogP contribution >= 0.6 is 0 Å². The zero-order valence-corrected chi connectivity index (χ0v) is 25.9. The van der Waals surface area contributed by atoms with Crippen molar-refractivity contribution in [2.75, 3.05) is 29.7 Å². The average Bonchev–Trinajstić information content (AvgIpc) is 3.05. The van der Waals surface area contributed by atoms with Gasteiger partial charge in [-0.1, -0.05) is 30.3 Å². The average molecular weight is 639 g/mol. The highest BCUT2D eigenvalue weighted by Gasteiger charge is 2.21. The summed E-state index contributed by atoms with van der Waals surface area (Å²) in [7, 11) is 3.02. The number of amides is 5. The molecule has 0 fully saturated rings. The molecule has 1 unspecified atom stereocenters. The summed E-state index contributed by atoms with van der Waals surface area (Å²) in [6.45, 7) is 1.89. The molecule has 1 aromatic heterocycles. The van der Waals surface area contributed by atoms with Crippen molar-refractivity contribution in [1.82, 2.24) is 10.3 Å². The van der Waals surface area contributed by atoms with Crippen LogP contribution in [0.4, 0.5) is 22.0 Å². The number of hydrogen-bond acceptors (Lipinski definition) is 7. The molecule has 13 heteroatoms. The molecule has 0 aliphatic heterocycles. The van der Waals surface area contributed by atoms with Gasteiger partial charge in [-0.2, -0.15) is 0 Å². The standard InChI is InChI=1S/C34H34N6O7/c1-20-6-4-5-7-25(20)38-34(46)39-26-14-8-21(16-28(26)47-3)17-30(41)40(2)29-15-13-24(19-36-29)27(18-31(42)43)37-33(45)23-11-9-22(10-12-23)32(35)44/h4-16,19,27H,17-18H2,1-3H3,(H2,35,44)(H,37,45)(H,42,43)(H2,38,39,46). The molecule has 5 amide bonds. The first kappa shape index (κ1) is 33.6. The quantitative estimate of drug-likeness (QED) is 0.152. The number of aryl methyl sites for hydroxylation is 1. The molecule has 6 N–H and O–H groups in total. The fourth-order valence-corrected chi connectivity index (χ4v) is 4.62. The largest absolute Gasteiger partial charge is 0.495 e. The monoisotopic (exact) mass is 638 g/mol. The molecule has 0 radical (unpaired) electrons. The summed E-state index contributed by atoms with van der Waals surface area (Å²) in [5.41, 5.74) is 8.74. The Kier molecular flexibility index (Phi) is 10.9. The topological polar surface area (TPSA) is 193 Å². The molecule has 0 saturated carbocycles. The van der Waals surface area contributed by atoms with Crippen LogP contribution in [0.15, 0.2) is 85.1 Å². The van der Waals surface area contributed by atoms with Crippen molar-refractivity contribution in [3.63, 3.8) is 0 Å². The van der Waals surface area contributed by atoms with Crippen LogP contribution in [0.5, 0.6) is 5.75 Å². The molecule has 0 bridgehead atoms. The molecule has 0 aliphatic rings. The molecule has 1 heterocycles. The molecule has 47 heavy (non-hydrogen) atoms. The van der Waals surface area contributed by atoms with E-state index < -0.39 is 36.3 Å². The van der Waals surface area contributed by atoms with E-state index in [2.05, 4.69) is 20.9 Å². The van der Waals surface area contributed by atoms with Crippen LogP contribution in [0.1, 0.15) is 49.9 Å². The molecular weight excluding hydrogens is 604 g/mol. The number of ether oxygens (including phenoxy) is 1. The minimum absolute atomic E-state index is 0.00177. The summed E-state index contributed by atoms with van der Waals surface area (Å²) in [5, 5.41) is 17.7. The van der Waals surface area contributed by atoms with Gasteiger partial charge >= 0.3 is 12.0 Å². The lowest BCUT2D eigenvalue weighted by Gasteiger charge is -2.20. The van der Waals surface area contributed by atoms with Gasteiger partial charge in [0.15, 0.2) is 0 Å². The second-order valence-corrected chi connectivity index (χ2v) is 10.6. The second kappa shape index (κ2) is 15.2. The van der Waals surface area contributed by atoms with E-state index in [0.717, 1.165) is 5.56 Å². The highest BCUT2D eigenvalue weighted by molar-refractivity contribution is 6.01. The number of aromatic nitrogens is 1. The van der Waals surface area contributed by atoms with Crippen molar-refractivity contribution in [2.24, 2.45) is 5.73 Å². The lowest BCUT2D eigenvalue weighted by Crippen LogP contribution is -2.31. The van der Waals surface area contributed by atoms with Gasteiger partial charge < -0.3 is 31.5 Å². The van der Waals surface area contributed by atoms with Gasteiger partial charge in [0.05, 0.1) is 31.7 Å². The van der Waals surface area contributed by atoms with Gasteiger partial charge in [0.25, 0.3) is 5.91 Å². The van der Waals surface area contributed by atoms with Gasteiger partial charge in [-0.05, 0) is 72.1 Å².